The van der Waals surface area contributed by atoms with E-state index in [9.17, 15) is 13.6 Å². The molecule has 0 bridgehead atoms. The van der Waals surface area contributed by atoms with Crippen molar-refractivity contribution in [2.75, 3.05) is 0 Å². The first-order valence-corrected chi connectivity index (χ1v) is 6.07. The summed E-state index contributed by atoms with van der Waals surface area (Å²) in [5.74, 6) is -0.694. The third kappa shape index (κ3) is 3.89. The number of halogens is 2. The molecule has 1 unspecified atom stereocenters. The van der Waals surface area contributed by atoms with E-state index < -0.39 is 18.6 Å². The molecule has 0 saturated heterocycles. The Kier molecular flexibility index (Phi) is 4.31. The summed E-state index contributed by atoms with van der Waals surface area (Å²) in [6.45, 7) is -2.70. The number of para-hydroxylation sites is 1. The molecule has 1 aliphatic rings. The molecule has 0 aliphatic heterocycles. The van der Waals surface area contributed by atoms with Crippen LogP contribution in [0.1, 0.15) is 18.4 Å². The summed E-state index contributed by atoms with van der Waals surface area (Å²) in [5, 5.41) is 11.9. The first-order valence-electron chi connectivity index (χ1n) is 6.07. The van der Waals surface area contributed by atoms with Gasteiger partial charge in [0.1, 0.15) is 11.8 Å². The highest BCUT2D eigenvalue weighted by molar-refractivity contribution is 5.74. The number of nitrogens with one attached hydrogen (secondary N) is 1. The van der Waals surface area contributed by atoms with Gasteiger partial charge in [0.05, 0.1) is 0 Å². The van der Waals surface area contributed by atoms with Gasteiger partial charge >= 0.3 is 12.6 Å². The fraction of sp³-hybridized carbons (Fsp3) is 0.462. The Bertz CT molecular complexity index is 449. The van der Waals surface area contributed by atoms with Crippen LogP contribution in [0.2, 0.25) is 0 Å². The van der Waals surface area contributed by atoms with Crippen molar-refractivity contribution in [3.8, 4) is 5.75 Å². The smallest absolute Gasteiger partial charge is 0.387 e. The maximum atomic E-state index is 12.2. The van der Waals surface area contributed by atoms with Crippen LogP contribution in [-0.2, 0) is 11.3 Å². The highest BCUT2D eigenvalue weighted by Crippen LogP contribution is 2.33. The van der Waals surface area contributed by atoms with Gasteiger partial charge in [0.2, 0.25) is 0 Å². The Morgan fingerprint density at radius 1 is 1.42 bits per heavy atom. The summed E-state index contributed by atoms with van der Waals surface area (Å²) in [6.07, 6.45) is 1.78. The van der Waals surface area contributed by atoms with E-state index in [1.807, 2.05) is 0 Å². The van der Waals surface area contributed by atoms with Crippen LogP contribution in [0.4, 0.5) is 8.78 Å². The monoisotopic (exact) mass is 271 g/mol. The van der Waals surface area contributed by atoms with Gasteiger partial charge in [0, 0.05) is 12.1 Å². The average molecular weight is 271 g/mol. The number of alkyl halides is 2. The molecular weight excluding hydrogens is 256 g/mol. The van der Waals surface area contributed by atoms with Crippen LogP contribution in [0.5, 0.6) is 5.75 Å². The van der Waals surface area contributed by atoms with Crippen LogP contribution in [0, 0.1) is 5.92 Å². The lowest BCUT2D eigenvalue weighted by atomic mass is 10.1. The van der Waals surface area contributed by atoms with E-state index in [4.69, 9.17) is 5.11 Å². The molecule has 1 aromatic carbocycles. The number of carboxylic acids is 1. The van der Waals surface area contributed by atoms with Gasteiger partial charge < -0.3 is 9.84 Å². The van der Waals surface area contributed by atoms with Gasteiger partial charge in [-0.1, -0.05) is 18.2 Å². The fourth-order valence-corrected chi connectivity index (χ4v) is 1.97. The van der Waals surface area contributed by atoms with Crippen LogP contribution >= 0.6 is 0 Å². The number of ether oxygens (including phenoxy) is 1. The Labute approximate surface area is 109 Å². The zero-order chi connectivity index (χ0) is 13.8. The highest BCUT2D eigenvalue weighted by atomic mass is 19.3. The average Bonchev–Trinajstić information content (AvgIpc) is 3.14. The van der Waals surface area contributed by atoms with Crippen molar-refractivity contribution in [2.24, 2.45) is 5.92 Å². The number of hydrogen-bond acceptors (Lipinski definition) is 3. The van der Waals surface area contributed by atoms with Crippen molar-refractivity contribution < 1.29 is 23.4 Å². The first-order chi connectivity index (χ1) is 9.08. The van der Waals surface area contributed by atoms with Crippen LogP contribution in [-0.4, -0.2) is 23.7 Å². The molecule has 1 saturated carbocycles. The molecule has 0 radical (unpaired) electrons. The molecule has 4 nitrogen and oxygen atoms in total. The van der Waals surface area contributed by atoms with Crippen molar-refractivity contribution in [1.82, 2.24) is 5.32 Å². The van der Waals surface area contributed by atoms with Gasteiger partial charge in [-0.25, -0.2) is 0 Å². The molecule has 1 fully saturated rings. The van der Waals surface area contributed by atoms with E-state index in [0.717, 1.165) is 12.8 Å². The van der Waals surface area contributed by atoms with E-state index in [1.165, 1.54) is 6.07 Å². The fourth-order valence-electron chi connectivity index (χ4n) is 1.97. The summed E-state index contributed by atoms with van der Waals surface area (Å²) in [5.41, 5.74) is 0.523. The molecule has 1 aromatic rings. The van der Waals surface area contributed by atoms with Crippen molar-refractivity contribution >= 4 is 5.97 Å². The van der Waals surface area contributed by atoms with Gasteiger partial charge in [0.25, 0.3) is 0 Å². The van der Waals surface area contributed by atoms with Gasteiger partial charge in [0.15, 0.2) is 0 Å². The van der Waals surface area contributed by atoms with E-state index in [1.54, 1.807) is 18.2 Å². The molecule has 1 atom stereocenters. The van der Waals surface area contributed by atoms with Gasteiger partial charge in [-0.2, -0.15) is 8.78 Å². The summed E-state index contributed by atoms with van der Waals surface area (Å²) >= 11 is 0. The number of hydrogen-bond donors (Lipinski definition) is 2. The Hall–Kier alpha value is -1.69. The second-order valence-electron chi connectivity index (χ2n) is 4.52. The summed E-state index contributed by atoms with van der Waals surface area (Å²) < 4.78 is 28.9. The standard InChI is InChI=1S/C13H15F2NO3/c14-13(15)19-10-4-2-1-3-9(10)7-16-11(12(17)18)8-5-6-8/h1-4,8,11,13,16H,5-7H2,(H,17,18). The zero-order valence-electron chi connectivity index (χ0n) is 10.2. The molecule has 6 heteroatoms. The van der Waals surface area contributed by atoms with E-state index in [0.29, 0.717) is 5.56 Å². The number of carboxylic acid groups (broad SMARTS) is 1. The topological polar surface area (TPSA) is 58.6 Å². The molecular formula is C13H15F2NO3. The second kappa shape index (κ2) is 5.97. The van der Waals surface area contributed by atoms with Crippen LogP contribution in [0.25, 0.3) is 0 Å². The van der Waals surface area contributed by atoms with Crippen molar-refractivity contribution in [2.45, 2.75) is 32.0 Å². The van der Waals surface area contributed by atoms with Crippen molar-refractivity contribution in [3.05, 3.63) is 29.8 Å². The highest BCUT2D eigenvalue weighted by Gasteiger charge is 2.35. The minimum Gasteiger partial charge on any atom is -0.480 e. The second-order valence-corrected chi connectivity index (χ2v) is 4.52. The third-order valence-corrected chi connectivity index (χ3v) is 3.06. The Morgan fingerprint density at radius 2 is 2.11 bits per heavy atom. The zero-order valence-corrected chi connectivity index (χ0v) is 10.2. The third-order valence-electron chi connectivity index (χ3n) is 3.06. The van der Waals surface area contributed by atoms with Crippen LogP contribution in [0.3, 0.4) is 0 Å². The van der Waals surface area contributed by atoms with Crippen LogP contribution in [0.15, 0.2) is 24.3 Å². The van der Waals surface area contributed by atoms with E-state index in [-0.39, 0.29) is 18.2 Å². The summed E-state index contributed by atoms with van der Waals surface area (Å²) in [7, 11) is 0. The minimum absolute atomic E-state index is 0.0740. The molecule has 2 rings (SSSR count). The maximum Gasteiger partial charge on any atom is 0.387 e. The summed E-state index contributed by atoms with van der Waals surface area (Å²) in [4.78, 5) is 11.1. The predicted octanol–water partition coefficient (Wildman–Crippen LogP) is 2.24. The lowest BCUT2D eigenvalue weighted by molar-refractivity contribution is -0.140. The Balaban J connectivity index is 2.00. The largest absolute Gasteiger partial charge is 0.480 e. The number of benzene rings is 1. The molecule has 1 aliphatic carbocycles. The Morgan fingerprint density at radius 3 is 2.68 bits per heavy atom. The SMILES string of the molecule is O=C(O)C(NCc1ccccc1OC(F)F)C1CC1. The van der Waals surface area contributed by atoms with Crippen LogP contribution < -0.4 is 10.1 Å². The first kappa shape index (κ1) is 13.7. The predicted molar refractivity (Wildman–Crippen MR) is 64.1 cm³/mol. The lowest BCUT2D eigenvalue weighted by Crippen LogP contribution is -2.38. The number of aliphatic carboxylic acids is 1. The molecule has 19 heavy (non-hydrogen) atoms. The maximum absolute atomic E-state index is 12.2. The van der Waals surface area contributed by atoms with E-state index in [2.05, 4.69) is 10.1 Å². The van der Waals surface area contributed by atoms with E-state index >= 15 is 0 Å². The molecule has 2 N–H and O–H groups in total. The molecule has 0 amide bonds. The molecule has 0 spiro atoms. The molecule has 0 aromatic heterocycles. The van der Waals surface area contributed by atoms with Crippen molar-refractivity contribution in [3.63, 3.8) is 0 Å². The summed E-state index contributed by atoms with van der Waals surface area (Å²) in [6, 6.07) is 5.74. The quantitative estimate of drug-likeness (QED) is 0.798. The normalized spacial score (nSPS) is 16.4. The van der Waals surface area contributed by atoms with Gasteiger partial charge in [-0.05, 0) is 24.8 Å². The van der Waals surface area contributed by atoms with Gasteiger partial charge in [-0.3, -0.25) is 10.1 Å². The lowest BCUT2D eigenvalue weighted by Gasteiger charge is -2.15. The molecule has 104 valence electrons. The minimum atomic E-state index is -2.89. The van der Waals surface area contributed by atoms with Crippen molar-refractivity contribution in [1.29, 1.82) is 0 Å². The number of rotatable bonds is 7. The number of carbonyl (C=O) groups is 1. The molecule has 0 heterocycles. The van der Waals surface area contributed by atoms with Gasteiger partial charge in [-0.15, -0.1) is 0 Å².